The average molecular weight is 235 g/mol. The normalized spacial score (nSPS) is 11.8. The van der Waals surface area contributed by atoms with E-state index < -0.39 is 18.0 Å². The van der Waals surface area contributed by atoms with Gasteiger partial charge in [-0.3, -0.25) is 9.59 Å². The first kappa shape index (κ1) is 13.8. The average Bonchev–Trinajstić information content (AvgIpc) is 2.15. The molecular formula is C8H13NO5S. The quantitative estimate of drug-likeness (QED) is 0.563. The molecule has 6 nitrogen and oxygen atoms in total. The van der Waals surface area contributed by atoms with E-state index in [9.17, 15) is 14.4 Å². The van der Waals surface area contributed by atoms with Crippen LogP contribution in [0.1, 0.15) is 13.3 Å². The lowest BCUT2D eigenvalue weighted by atomic mass is 10.3. The van der Waals surface area contributed by atoms with Crippen LogP contribution in [0.15, 0.2) is 0 Å². The molecule has 0 aromatic carbocycles. The van der Waals surface area contributed by atoms with Gasteiger partial charge in [-0.2, -0.15) is 0 Å². The minimum absolute atomic E-state index is 0.0490. The maximum Gasteiger partial charge on any atom is 0.327 e. The Morgan fingerprint density at radius 2 is 1.93 bits per heavy atom. The summed E-state index contributed by atoms with van der Waals surface area (Å²) in [5, 5.41) is 19.3. The highest BCUT2D eigenvalue weighted by molar-refractivity contribution is 8.00. The summed E-state index contributed by atoms with van der Waals surface area (Å²) in [5.74, 6) is -2.65. The molecule has 0 saturated carbocycles. The van der Waals surface area contributed by atoms with Crippen molar-refractivity contribution < 1.29 is 24.6 Å². The van der Waals surface area contributed by atoms with E-state index in [4.69, 9.17) is 10.2 Å². The first-order valence-corrected chi connectivity index (χ1v) is 5.44. The first-order valence-electron chi connectivity index (χ1n) is 4.29. The van der Waals surface area contributed by atoms with Gasteiger partial charge in [0.25, 0.3) is 0 Å². The van der Waals surface area contributed by atoms with Gasteiger partial charge in [0, 0.05) is 12.2 Å². The Balaban J connectivity index is 4.00. The van der Waals surface area contributed by atoms with Crippen molar-refractivity contribution in [2.24, 2.45) is 0 Å². The van der Waals surface area contributed by atoms with Gasteiger partial charge in [-0.15, -0.1) is 11.8 Å². The molecule has 0 aliphatic rings. The van der Waals surface area contributed by atoms with Gasteiger partial charge < -0.3 is 15.5 Å². The molecule has 3 N–H and O–H groups in total. The molecule has 0 spiro atoms. The van der Waals surface area contributed by atoms with Crippen LogP contribution < -0.4 is 5.32 Å². The van der Waals surface area contributed by atoms with Crippen molar-refractivity contribution in [2.45, 2.75) is 19.4 Å². The number of carboxylic acids is 2. The number of hydrogen-bond donors (Lipinski definition) is 3. The van der Waals surface area contributed by atoms with Crippen molar-refractivity contribution in [3.63, 3.8) is 0 Å². The number of aliphatic carboxylic acids is 2. The molecular weight excluding hydrogens is 222 g/mol. The summed E-state index contributed by atoms with van der Waals surface area (Å²) in [6, 6.07) is -1.03. The third-order valence-corrected chi connectivity index (χ3v) is 2.48. The van der Waals surface area contributed by atoms with E-state index in [0.717, 1.165) is 11.8 Å². The minimum Gasteiger partial charge on any atom is -0.481 e. The molecule has 86 valence electrons. The predicted molar refractivity (Wildman–Crippen MR) is 54.8 cm³/mol. The number of hydrogen-bond acceptors (Lipinski definition) is 4. The largest absolute Gasteiger partial charge is 0.481 e. The lowest BCUT2D eigenvalue weighted by Gasteiger charge is -2.12. The summed E-state index contributed by atoms with van der Waals surface area (Å²) in [5.41, 5.74) is 0. The Bertz CT molecular complexity index is 255. The van der Waals surface area contributed by atoms with Gasteiger partial charge in [-0.05, 0) is 0 Å². The molecule has 1 amide bonds. The summed E-state index contributed by atoms with van der Waals surface area (Å²) in [7, 11) is 0. The smallest absolute Gasteiger partial charge is 0.327 e. The van der Waals surface area contributed by atoms with E-state index >= 15 is 0 Å². The van der Waals surface area contributed by atoms with Crippen molar-refractivity contribution in [1.29, 1.82) is 0 Å². The summed E-state index contributed by atoms with van der Waals surface area (Å²) in [4.78, 5) is 31.7. The van der Waals surface area contributed by atoms with E-state index in [-0.39, 0.29) is 23.8 Å². The Morgan fingerprint density at radius 1 is 1.33 bits per heavy atom. The van der Waals surface area contributed by atoms with Crippen LogP contribution in [0.5, 0.6) is 0 Å². The highest BCUT2D eigenvalue weighted by Gasteiger charge is 2.19. The van der Waals surface area contributed by atoms with E-state index in [2.05, 4.69) is 5.32 Å². The lowest BCUT2D eigenvalue weighted by Crippen LogP contribution is -2.42. The van der Waals surface area contributed by atoms with Gasteiger partial charge in [-0.25, -0.2) is 4.79 Å². The van der Waals surface area contributed by atoms with Crippen LogP contribution in [-0.2, 0) is 14.4 Å². The van der Waals surface area contributed by atoms with Crippen molar-refractivity contribution in [3.05, 3.63) is 0 Å². The number of thioether (sulfide) groups is 1. The molecule has 1 atom stereocenters. The number of carboxylic acid groups (broad SMARTS) is 2. The molecule has 1 unspecified atom stereocenters. The van der Waals surface area contributed by atoms with Gasteiger partial charge in [0.1, 0.15) is 6.04 Å². The molecule has 0 heterocycles. The van der Waals surface area contributed by atoms with Gasteiger partial charge in [0.15, 0.2) is 0 Å². The molecule has 0 aliphatic heterocycles. The fourth-order valence-electron chi connectivity index (χ4n) is 0.735. The van der Waals surface area contributed by atoms with E-state index in [1.54, 1.807) is 6.92 Å². The van der Waals surface area contributed by atoms with Crippen LogP contribution in [0.25, 0.3) is 0 Å². The minimum atomic E-state index is -1.16. The molecule has 0 rings (SSSR count). The third-order valence-electron chi connectivity index (χ3n) is 1.46. The zero-order valence-electron chi connectivity index (χ0n) is 8.23. The van der Waals surface area contributed by atoms with Crippen LogP contribution in [0, 0.1) is 0 Å². The van der Waals surface area contributed by atoms with E-state index in [1.807, 2.05) is 0 Å². The van der Waals surface area contributed by atoms with Crippen molar-refractivity contribution in [3.8, 4) is 0 Å². The van der Waals surface area contributed by atoms with E-state index in [1.165, 1.54) is 0 Å². The standard InChI is InChI=1S/C8H13NO5S/c1-2-6(10)9-5(8(13)14)3-15-4-7(11)12/h5H,2-4H2,1H3,(H,9,10)(H,11,12)(H,13,14). The second-order valence-corrected chi connectivity index (χ2v) is 3.75. The first-order chi connectivity index (χ1) is 6.97. The van der Waals surface area contributed by atoms with Gasteiger partial charge >= 0.3 is 11.9 Å². The molecule has 0 fully saturated rings. The topological polar surface area (TPSA) is 104 Å². The fraction of sp³-hybridized carbons (Fsp3) is 0.625. The highest BCUT2D eigenvalue weighted by Crippen LogP contribution is 2.03. The molecule has 0 aliphatic carbocycles. The summed E-state index contributed by atoms with van der Waals surface area (Å²) in [6.07, 6.45) is 0.202. The number of carbonyl (C=O) groups excluding carboxylic acids is 1. The lowest BCUT2D eigenvalue weighted by molar-refractivity contribution is -0.141. The SMILES string of the molecule is CCC(=O)NC(CSCC(=O)O)C(=O)O. The summed E-state index contributed by atoms with van der Waals surface area (Å²) < 4.78 is 0. The van der Waals surface area contributed by atoms with Crippen molar-refractivity contribution in [2.75, 3.05) is 11.5 Å². The van der Waals surface area contributed by atoms with Crippen LogP contribution in [0.2, 0.25) is 0 Å². The summed E-state index contributed by atoms with van der Waals surface area (Å²) in [6.45, 7) is 1.61. The van der Waals surface area contributed by atoms with Gasteiger partial charge in [0.2, 0.25) is 5.91 Å². The number of rotatable bonds is 7. The Kier molecular flexibility index (Phi) is 6.52. The van der Waals surface area contributed by atoms with Gasteiger partial charge in [-0.1, -0.05) is 6.92 Å². The van der Waals surface area contributed by atoms with Crippen LogP contribution in [0.3, 0.4) is 0 Å². The highest BCUT2D eigenvalue weighted by atomic mass is 32.2. The maximum atomic E-state index is 10.9. The third kappa shape index (κ3) is 6.78. The van der Waals surface area contributed by atoms with Crippen molar-refractivity contribution in [1.82, 2.24) is 5.32 Å². The Morgan fingerprint density at radius 3 is 2.33 bits per heavy atom. The summed E-state index contributed by atoms with van der Waals surface area (Å²) >= 11 is 0.955. The monoisotopic (exact) mass is 235 g/mol. The second-order valence-electron chi connectivity index (χ2n) is 2.72. The molecule has 0 radical (unpaired) electrons. The molecule has 0 bridgehead atoms. The Labute approximate surface area is 91.0 Å². The zero-order valence-corrected chi connectivity index (χ0v) is 9.04. The van der Waals surface area contributed by atoms with Crippen LogP contribution in [-0.4, -0.2) is 45.6 Å². The van der Waals surface area contributed by atoms with E-state index in [0.29, 0.717) is 0 Å². The molecule has 0 saturated heterocycles. The van der Waals surface area contributed by atoms with Crippen LogP contribution >= 0.6 is 11.8 Å². The molecule has 15 heavy (non-hydrogen) atoms. The predicted octanol–water partition coefficient (Wildman–Crippen LogP) is -0.216. The van der Waals surface area contributed by atoms with Crippen LogP contribution in [0.4, 0.5) is 0 Å². The number of carbonyl (C=O) groups is 3. The molecule has 0 aromatic heterocycles. The van der Waals surface area contributed by atoms with Crippen molar-refractivity contribution >= 4 is 29.6 Å². The zero-order chi connectivity index (χ0) is 11.8. The fourth-order valence-corrected chi connectivity index (χ4v) is 1.49. The number of amides is 1. The second kappa shape index (κ2) is 7.10. The molecule has 7 heteroatoms. The number of nitrogens with one attached hydrogen (secondary N) is 1. The maximum absolute atomic E-state index is 10.9. The molecule has 0 aromatic rings. The van der Waals surface area contributed by atoms with Gasteiger partial charge in [0.05, 0.1) is 5.75 Å². The Hall–Kier alpha value is -1.24.